The molecule has 1 saturated heterocycles. The van der Waals surface area contributed by atoms with E-state index in [-0.39, 0.29) is 11.9 Å². The van der Waals surface area contributed by atoms with E-state index >= 15 is 0 Å². The van der Waals surface area contributed by atoms with Crippen molar-refractivity contribution < 1.29 is 14.3 Å². The molecule has 0 aromatic heterocycles. The van der Waals surface area contributed by atoms with E-state index in [1.165, 1.54) is 11.3 Å². The van der Waals surface area contributed by atoms with E-state index in [2.05, 4.69) is 28.4 Å². The molecule has 1 heterocycles. The van der Waals surface area contributed by atoms with Crippen molar-refractivity contribution in [2.75, 3.05) is 50.7 Å². The minimum absolute atomic E-state index is 0.114. The maximum Gasteiger partial charge on any atom is 0.241 e. The number of methoxy groups -OCH3 is 1. The van der Waals surface area contributed by atoms with Crippen LogP contribution in [0.15, 0.2) is 42.5 Å². The molecule has 156 valence electrons. The van der Waals surface area contributed by atoms with Gasteiger partial charge in [-0.05, 0) is 43.8 Å². The van der Waals surface area contributed by atoms with Crippen LogP contribution in [0, 0.1) is 0 Å². The van der Waals surface area contributed by atoms with E-state index < -0.39 is 0 Å². The number of hydrogen-bond donors (Lipinski definition) is 1. The number of rotatable bonds is 7. The summed E-state index contributed by atoms with van der Waals surface area (Å²) in [5, 5.41) is 3.47. The van der Waals surface area contributed by atoms with Gasteiger partial charge in [-0.3, -0.25) is 9.69 Å². The van der Waals surface area contributed by atoms with Gasteiger partial charge in [0.25, 0.3) is 0 Å². The Morgan fingerprint density at radius 1 is 1.28 bits per heavy atom. The molecule has 1 atom stereocenters. The summed E-state index contributed by atoms with van der Waals surface area (Å²) in [6, 6.07) is 13.2. The molecule has 2 aromatic rings. The van der Waals surface area contributed by atoms with E-state index in [1.807, 2.05) is 24.9 Å². The fourth-order valence-corrected chi connectivity index (χ4v) is 3.55. The Morgan fingerprint density at radius 2 is 2.00 bits per heavy atom. The van der Waals surface area contributed by atoms with E-state index in [0.29, 0.717) is 23.0 Å². The van der Waals surface area contributed by atoms with Gasteiger partial charge in [-0.1, -0.05) is 29.8 Å². The van der Waals surface area contributed by atoms with E-state index in [1.54, 1.807) is 25.3 Å². The fourth-order valence-electron chi connectivity index (χ4n) is 3.38. The van der Waals surface area contributed by atoms with Crippen LogP contribution in [-0.4, -0.2) is 57.3 Å². The summed E-state index contributed by atoms with van der Waals surface area (Å²) >= 11 is 6.07. The Hall–Kier alpha value is -2.28. The molecule has 6 nitrogen and oxygen atoms in total. The van der Waals surface area contributed by atoms with Crippen LogP contribution < -0.4 is 15.0 Å². The van der Waals surface area contributed by atoms with Crippen LogP contribution in [0.3, 0.4) is 0 Å². The van der Waals surface area contributed by atoms with Gasteiger partial charge in [0.1, 0.15) is 5.75 Å². The average Bonchev–Trinajstić information content (AvgIpc) is 2.74. The molecule has 29 heavy (non-hydrogen) atoms. The maximum atomic E-state index is 12.8. The number of amides is 1. The fraction of sp³-hybridized carbons (Fsp3) is 0.409. The third-order valence-corrected chi connectivity index (χ3v) is 5.46. The lowest BCUT2D eigenvalue weighted by molar-refractivity contribution is -0.120. The molecule has 0 radical (unpaired) electrons. The number of anilines is 2. The number of para-hydroxylation sites is 1. The normalized spacial score (nSPS) is 15.3. The second kappa shape index (κ2) is 9.96. The Bertz CT molecular complexity index is 840. The van der Waals surface area contributed by atoms with Crippen LogP contribution in [0.4, 0.5) is 11.4 Å². The number of benzene rings is 2. The highest BCUT2D eigenvalue weighted by molar-refractivity contribution is 6.31. The number of nitrogens with one attached hydrogen (secondary N) is 1. The lowest BCUT2D eigenvalue weighted by Crippen LogP contribution is -2.40. The van der Waals surface area contributed by atoms with Crippen molar-refractivity contribution in [2.45, 2.75) is 19.5 Å². The average molecular weight is 418 g/mol. The number of nitrogens with zero attached hydrogens (tertiary/aromatic N) is 2. The Morgan fingerprint density at radius 3 is 2.72 bits per heavy atom. The Kier molecular flexibility index (Phi) is 7.36. The van der Waals surface area contributed by atoms with Gasteiger partial charge in [-0.25, -0.2) is 0 Å². The van der Waals surface area contributed by atoms with Gasteiger partial charge in [0.15, 0.2) is 0 Å². The molecule has 7 heteroatoms. The van der Waals surface area contributed by atoms with Crippen molar-refractivity contribution >= 4 is 28.9 Å². The summed E-state index contributed by atoms with van der Waals surface area (Å²) in [4.78, 5) is 17.2. The highest BCUT2D eigenvalue weighted by Crippen LogP contribution is 2.28. The minimum Gasteiger partial charge on any atom is -0.495 e. The molecule has 0 spiro atoms. The molecule has 1 aliphatic rings. The van der Waals surface area contributed by atoms with Gasteiger partial charge in [0.05, 0.1) is 32.1 Å². The molecule has 0 unspecified atom stereocenters. The summed E-state index contributed by atoms with van der Waals surface area (Å²) in [6.07, 6.45) is 0. The molecular weight excluding hydrogens is 390 g/mol. The van der Waals surface area contributed by atoms with E-state index in [4.69, 9.17) is 21.1 Å². The number of likely N-dealkylation sites (N-methyl/N-ethyl adjacent to an activating group) is 1. The Labute approximate surface area is 177 Å². The van der Waals surface area contributed by atoms with Gasteiger partial charge < -0.3 is 19.7 Å². The standard InChI is InChI=1S/C22H28ClN3O3/c1-16(22(27)24-19-14-18(23)8-9-21(19)28-3)25(2)15-17-6-4-5-7-20(17)26-10-12-29-13-11-26/h4-9,14,16H,10-13,15H2,1-3H3,(H,24,27)/t16-/m1/s1. The van der Waals surface area contributed by atoms with Crippen LogP contribution in [0.5, 0.6) is 5.75 Å². The number of halogens is 1. The molecule has 0 aliphatic carbocycles. The zero-order chi connectivity index (χ0) is 20.8. The lowest BCUT2D eigenvalue weighted by Gasteiger charge is -2.32. The predicted octanol–water partition coefficient (Wildman–Crippen LogP) is 3.64. The number of carbonyl (C=O) groups excluding carboxylic acids is 1. The van der Waals surface area contributed by atoms with Gasteiger partial charge in [0, 0.05) is 30.3 Å². The first-order chi connectivity index (χ1) is 14.0. The highest BCUT2D eigenvalue weighted by Gasteiger charge is 2.22. The zero-order valence-electron chi connectivity index (χ0n) is 17.2. The number of morpholine rings is 1. The van der Waals surface area contributed by atoms with Crippen LogP contribution in [0.25, 0.3) is 0 Å². The largest absolute Gasteiger partial charge is 0.495 e. The molecule has 1 amide bonds. The van der Waals surface area contributed by atoms with Crippen LogP contribution in [-0.2, 0) is 16.1 Å². The van der Waals surface area contributed by atoms with Gasteiger partial charge in [-0.15, -0.1) is 0 Å². The lowest BCUT2D eigenvalue weighted by atomic mass is 10.1. The first-order valence-electron chi connectivity index (χ1n) is 9.75. The maximum absolute atomic E-state index is 12.8. The summed E-state index contributed by atoms with van der Waals surface area (Å²) in [5.74, 6) is 0.465. The molecule has 3 rings (SSSR count). The summed E-state index contributed by atoms with van der Waals surface area (Å²) in [5.41, 5.74) is 2.96. The second-order valence-corrected chi connectivity index (χ2v) is 7.59. The molecule has 1 fully saturated rings. The van der Waals surface area contributed by atoms with Gasteiger partial charge >= 0.3 is 0 Å². The SMILES string of the molecule is COc1ccc(Cl)cc1NC(=O)[C@@H](C)N(C)Cc1ccccc1N1CCOCC1. The van der Waals surface area contributed by atoms with Crippen molar-refractivity contribution in [3.8, 4) is 5.75 Å². The first-order valence-corrected chi connectivity index (χ1v) is 10.1. The van der Waals surface area contributed by atoms with Crippen LogP contribution in [0.1, 0.15) is 12.5 Å². The summed E-state index contributed by atoms with van der Waals surface area (Å²) in [6.45, 7) is 5.80. The second-order valence-electron chi connectivity index (χ2n) is 7.15. The monoisotopic (exact) mass is 417 g/mol. The smallest absolute Gasteiger partial charge is 0.241 e. The van der Waals surface area contributed by atoms with Crippen molar-refractivity contribution in [2.24, 2.45) is 0 Å². The molecule has 0 bridgehead atoms. The summed E-state index contributed by atoms with van der Waals surface area (Å²) in [7, 11) is 3.52. The van der Waals surface area contributed by atoms with Crippen molar-refractivity contribution in [3.63, 3.8) is 0 Å². The van der Waals surface area contributed by atoms with E-state index in [9.17, 15) is 4.79 Å². The summed E-state index contributed by atoms with van der Waals surface area (Å²) < 4.78 is 10.8. The van der Waals surface area contributed by atoms with Crippen LogP contribution in [0.2, 0.25) is 5.02 Å². The molecule has 0 saturated carbocycles. The van der Waals surface area contributed by atoms with Gasteiger partial charge in [-0.2, -0.15) is 0 Å². The topological polar surface area (TPSA) is 54.0 Å². The van der Waals surface area contributed by atoms with Crippen LogP contribution >= 0.6 is 11.6 Å². The first kappa shape index (κ1) is 21.4. The minimum atomic E-state index is -0.337. The van der Waals surface area contributed by atoms with Gasteiger partial charge in [0.2, 0.25) is 5.91 Å². The predicted molar refractivity (Wildman–Crippen MR) is 117 cm³/mol. The molecule has 2 aromatic carbocycles. The zero-order valence-corrected chi connectivity index (χ0v) is 17.9. The number of carbonyl (C=O) groups is 1. The molecule has 1 aliphatic heterocycles. The quantitative estimate of drug-likeness (QED) is 0.745. The number of hydrogen-bond acceptors (Lipinski definition) is 5. The van der Waals surface area contributed by atoms with Crippen molar-refractivity contribution in [1.29, 1.82) is 0 Å². The molecule has 1 N–H and O–H groups in total. The Balaban J connectivity index is 1.69. The highest BCUT2D eigenvalue weighted by atomic mass is 35.5. The number of ether oxygens (including phenoxy) is 2. The van der Waals surface area contributed by atoms with E-state index in [0.717, 1.165) is 26.3 Å². The third-order valence-electron chi connectivity index (χ3n) is 5.22. The van der Waals surface area contributed by atoms with Crippen molar-refractivity contribution in [1.82, 2.24) is 4.90 Å². The molecular formula is C22H28ClN3O3. The third kappa shape index (κ3) is 5.41. The van der Waals surface area contributed by atoms with Crippen molar-refractivity contribution in [3.05, 3.63) is 53.1 Å².